The Bertz CT molecular complexity index is 448. The number of benzene rings is 1. The summed E-state index contributed by atoms with van der Waals surface area (Å²) in [4.78, 5) is 14.2. The van der Waals surface area contributed by atoms with Gasteiger partial charge in [0, 0.05) is 24.0 Å². The Kier molecular flexibility index (Phi) is 4.83. The van der Waals surface area contributed by atoms with Crippen LogP contribution in [0.3, 0.4) is 0 Å². The normalized spacial score (nSPS) is 20.6. The number of nitrogens with zero attached hydrogens (tertiary/aromatic N) is 1. The number of nitrogens with two attached hydrogens (primary N) is 1. The van der Waals surface area contributed by atoms with Crippen molar-refractivity contribution in [3.05, 3.63) is 34.9 Å². The van der Waals surface area contributed by atoms with Crippen molar-refractivity contribution in [2.24, 2.45) is 5.73 Å². The van der Waals surface area contributed by atoms with E-state index in [1.54, 1.807) is 0 Å². The number of halogens is 1. The zero-order valence-electron chi connectivity index (χ0n) is 11.3. The van der Waals surface area contributed by atoms with Crippen molar-refractivity contribution >= 4 is 17.5 Å². The summed E-state index contributed by atoms with van der Waals surface area (Å²) in [6.07, 6.45) is 3.36. The second-order valence-corrected chi connectivity index (χ2v) is 5.75. The summed E-state index contributed by atoms with van der Waals surface area (Å²) in [6.45, 7) is 2.78. The zero-order valence-corrected chi connectivity index (χ0v) is 12.1. The van der Waals surface area contributed by atoms with Gasteiger partial charge in [0.1, 0.15) is 0 Å². The Labute approximate surface area is 119 Å². The summed E-state index contributed by atoms with van der Waals surface area (Å²) in [7, 11) is 0. The number of rotatable bonds is 4. The molecule has 0 radical (unpaired) electrons. The molecular formula is C15H21ClN2O. The van der Waals surface area contributed by atoms with Crippen LogP contribution in [0.25, 0.3) is 0 Å². The molecule has 2 atom stereocenters. The van der Waals surface area contributed by atoms with Gasteiger partial charge in [0.05, 0.1) is 6.04 Å². The number of amides is 1. The lowest BCUT2D eigenvalue weighted by Gasteiger charge is -2.25. The third-order valence-corrected chi connectivity index (χ3v) is 3.86. The van der Waals surface area contributed by atoms with Crippen molar-refractivity contribution in [2.45, 2.75) is 44.7 Å². The van der Waals surface area contributed by atoms with Gasteiger partial charge in [0.2, 0.25) is 5.91 Å². The smallest absolute Gasteiger partial charge is 0.223 e. The van der Waals surface area contributed by atoms with Gasteiger partial charge in [-0.25, -0.2) is 0 Å². The van der Waals surface area contributed by atoms with Crippen LogP contribution < -0.4 is 5.73 Å². The molecule has 1 fully saturated rings. The molecule has 2 N–H and O–H groups in total. The molecule has 1 heterocycles. The molecule has 0 saturated carbocycles. The van der Waals surface area contributed by atoms with E-state index in [4.69, 9.17) is 17.3 Å². The van der Waals surface area contributed by atoms with Crippen LogP contribution in [0.1, 0.15) is 44.2 Å². The van der Waals surface area contributed by atoms with Gasteiger partial charge in [-0.05, 0) is 43.9 Å². The van der Waals surface area contributed by atoms with Gasteiger partial charge in [0.25, 0.3) is 0 Å². The average Bonchev–Trinajstić information content (AvgIpc) is 2.85. The van der Waals surface area contributed by atoms with Crippen molar-refractivity contribution in [1.82, 2.24) is 4.90 Å². The van der Waals surface area contributed by atoms with Crippen LogP contribution in [0, 0.1) is 0 Å². The Hall–Kier alpha value is -1.06. The van der Waals surface area contributed by atoms with Gasteiger partial charge in [-0.2, -0.15) is 0 Å². The minimum Gasteiger partial charge on any atom is -0.336 e. The van der Waals surface area contributed by atoms with Crippen LogP contribution in [-0.2, 0) is 4.79 Å². The first-order valence-electron chi connectivity index (χ1n) is 6.88. The Balaban J connectivity index is 2.06. The molecule has 2 rings (SSSR count). The zero-order chi connectivity index (χ0) is 13.8. The van der Waals surface area contributed by atoms with Crippen LogP contribution in [0.4, 0.5) is 0 Å². The Morgan fingerprint density at radius 1 is 1.58 bits per heavy atom. The van der Waals surface area contributed by atoms with Crippen LogP contribution in [0.5, 0.6) is 0 Å². The quantitative estimate of drug-likeness (QED) is 0.921. The second-order valence-electron chi connectivity index (χ2n) is 5.32. The van der Waals surface area contributed by atoms with E-state index >= 15 is 0 Å². The summed E-state index contributed by atoms with van der Waals surface area (Å²) < 4.78 is 0. The van der Waals surface area contributed by atoms with Gasteiger partial charge in [-0.1, -0.05) is 23.7 Å². The summed E-state index contributed by atoms with van der Waals surface area (Å²) in [5, 5.41) is 0.729. The molecule has 1 aromatic carbocycles. The molecule has 1 aliphatic rings. The average molecular weight is 281 g/mol. The molecule has 1 aromatic rings. The van der Waals surface area contributed by atoms with Gasteiger partial charge >= 0.3 is 0 Å². The maximum absolute atomic E-state index is 12.3. The van der Waals surface area contributed by atoms with Gasteiger partial charge in [-0.3, -0.25) is 4.79 Å². The highest BCUT2D eigenvalue weighted by Crippen LogP contribution is 2.33. The lowest BCUT2D eigenvalue weighted by Crippen LogP contribution is -2.31. The maximum atomic E-state index is 12.3. The molecule has 19 heavy (non-hydrogen) atoms. The summed E-state index contributed by atoms with van der Waals surface area (Å²) in [5.74, 6) is 0.208. The SMILES string of the molecule is CC(N)CCC(=O)N1CCCC1c1cccc(Cl)c1. The topological polar surface area (TPSA) is 46.3 Å². The highest BCUT2D eigenvalue weighted by molar-refractivity contribution is 6.30. The number of carbonyl (C=O) groups excluding carboxylic acids is 1. The summed E-state index contributed by atoms with van der Waals surface area (Å²) in [6, 6.07) is 8.08. The fraction of sp³-hybridized carbons (Fsp3) is 0.533. The lowest BCUT2D eigenvalue weighted by atomic mass is 10.0. The molecule has 0 spiro atoms. The van der Waals surface area contributed by atoms with Crippen molar-refractivity contribution in [3.63, 3.8) is 0 Å². The molecule has 2 unspecified atom stereocenters. The van der Waals surface area contributed by atoms with Crippen molar-refractivity contribution in [2.75, 3.05) is 6.54 Å². The second kappa shape index (κ2) is 6.40. The van der Waals surface area contributed by atoms with E-state index in [0.717, 1.165) is 36.4 Å². The van der Waals surface area contributed by atoms with E-state index in [0.29, 0.717) is 6.42 Å². The van der Waals surface area contributed by atoms with E-state index < -0.39 is 0 Å². The molecule has 104 valence electrons. The molecule has 4 heteroatoms. The molecular weight excluding hydrogens is 260 g/mol. The number of carbonyl (C=O) groups is 1. The number of hydrogen-bond acceptors (Lipinski definition) is 2. The van der Waals surface area contributed by atoms with Crippen LogP contribution in [0.2, 0.25) is 5.02 Å². The third-order valence-electron chi connectivity index (χ3n) is 3.62. The highest BCUT2D eigenvalue weighted by atomic mass is 35.5. The predicted molar refractivity (Wildman–Crippen MR) is 78.0 cm³/mol. The van der Waals surface area contributed by atoms with E-state index in [1.165, 1.54) is 0 Å². The van der Waals surface area contributed by atoms with Gasteiger partial charge in [0.15, 0.2) is 0 Å². The van der Waals surface area contributed by atoms with Crippen LogP contribution in [0.15, 0.2) is 24.3 Å². The molecule has 1 saturated heterocycles. The Morgan fingerprint density at radius 2 is 2.37 bits per heavy atom. The summed E-state index contributed by atoms with van der Waals surface area (Å²) in [5.41, 5.74) is 6.85. The first kappa shape index (κ1) is 14.4. The molecule has 0 aromatic heterocycles. The minimum absolute atomic E-state index is 0.0798. The van der Waals surface area contributed by atoms with Gasteiger partial charge < -0.3 is 10.6 Å². The first-order chi connectivity index (χ1) is 9.08. The fourth-order valence-corrected chi connectivity index (χ4v) is 2.82. The van der Waals surface area contributed by atoms with E-state index in [1.807, 2.05) is 36.1 Å². The summed E-state index contributed by atoms with van der Waals surface area (Å²) >= 11 is 6.03. The molecule has 0 aliphatic carbocycles. The van der Waals surface area contributed by atoms with Crippen molar-refractivity contribution in [1.29, 1.82) is 0 Å². The minimum atomic E-state index is 0.0798. The maximum Gasteiger partial charge on any atom is 0.223 e. The fourth-order valence-electron chi connectivity index (χ4n) is 2.62. The van der Waals surface area contributed by atoms with Crippen molar-refractivity contribution < 1.29 is 4.79 Å². The molecule has 0 bridgehead atoms. The molecule has 1 amide bonds. The van der Waals surface area contributed by atoms with Crippen LogP contribution in [-0.4, -0.2) is 23.4 Å². The van der Waals surface area contributed by atoms with E-state index in [-0.39, 0.29) is 18.0 Å². The Morgan fingerprint density at radius 3 is 3.05 bits per heavy atom. The molecule has 1 aliphatic heterocycles. The predicted octanol–water partition coefficient (Wildman–Crippen LogP) is 3.13. The lowest BCUT2D eigenvalue weighted by molar-refractivity contribution is -0.132. The number of likely N-dealkylation sites (tertiary alicyclic amines) is 1. The van der Waals surface area contributed by atoms with Crippen LogP contribution >= 0.6 is 11.6 Å². The number of hydrogen-bond donors (Lipinski definition) is 1. The first-order valence-corrected chi connectivity index (χ1v) is 7.26. The van der Waals surface area contributed by atoms with E-state index in [9.17, 15) is 4.79 Å². The highest BCUT2D eigenvalue weighted by Gasteiger charge is 2.29. The largest absolute Gasteiger partial charge is 0.336 e. The monoisotopic (exact) mass is 280 g/mol. The van der Waals surface area contributed by atoms with Gasteiger partial charge in [-0.15, -0.1) is 0 Å². The third kappa shape index (κ3) is 3.71. The standard InChI is InChI=1S/C15H21ClN2O/c1-11(17)7-8-15(19)18-9-3-6-14(18)12-4-2-5-13(16)10-12/h2,4-5,10-11,14H,3,6-9,17H2,1H3. The van der Waals surface area contributed by atoms with Crippen molar-refractivity contribution in [3.8, 4) is 0 Å². The molecule has 3 nitrogen and oxygen atoms in total. The van der Waals surface area contributed by atoms with E-state index in [2.05, 4.69) is 0 Å².